The van der Waals surface area contributed by atoms with E-state index in [0.717, 1.165) is 29.9 Å². The maximum absolute atomic E-state index is 2.37. The number of para-hydroxylation sites is 3. The van der Waals surface area contributed by atoms with Crippen molar-refractivity contribution in [3.63, 3.8) is 0 Å². The molecule has 1 aliphatic carbocycles. The fraction of sp³-hybridized carbons (Fsp3) is 0.0417. The van der Waals surface area contributed by atoms with Gasteiger partial charge in [0.2, 0.25) is 0 Å². The van der Waals surface area contributed by atoms with Crippen molar-refractivity contribution in [2.75, 3.05) is 4.90 Å². The van der Waals surface area contributed by atoms with Gasteiger partial charge in [0.25, 0.3) is 0 Å². The van der Waals surface area contributed by atoms with Crippen molar-refractivity contribution < 1.29 is 0 Å². The van der Waals surface area contributed by atoms with Crippen LogP contribution in [0, 0.1) is 0 Å². The first kappa shape index (κ1) is 29.7. The summed E-state index contributed by atoms with van der Waals surface area (Å²) in [6.07, 6.45) is 9.07. The predicted molar refractivity (Wildman–Crippen MR) is 213 cm³/mol. The second-order valence-corrected chi connectivity index (χ2v) is 12.9. The lowest BCUT2D eigenvalue weighted by atomic mass is 9.97. The molecular formula is C48H36N2. The van der Waals surface area contributed by atoms with Gasteiger partial charge in [-0.15, -0.1) is 0 Å². The van der Waals surface area contributed by atoms with Crippen LogP contribution in [0.15, 0.2) is 194 Å². The number of benzene rings is 7. The van der Waals surface area contributed by atoms with Gasteiger partial charge in [0, 0.05) is 33.5 Å². The Morgan fingerprint density at radius 2 is 1.00 bits per heavy atom. The molecule has 7 aromatic carbocycles. The Hall–Kier alpha value is -6.38. The third-order valence-corrected chi connectivity index (χ3v) is 9.79. The average molecular weight is 641 g/mol. The van der Waals surface area contributed by atoms with Crippen LogP contribution in [0.4, 0.5) is 17.1 Å². The normalized spacial score (nSPS) is 12.7. The monoisotopic (exact) mass is 640 g/mol. The molecule has 0 spiro atoms. The third kappa shape index (κ3) is 5.51. The van der Waals surface area contributed by atoms with Crippen LogP contribution in [0.5, 0.6) is 0 Å². The third-order valence-electron chi connectivity index (χ3n) is 9.79. The van der Waals surface area contributed by atoms with Crippen molar-refractivity contribution in [1.29, 1.82) is 0 Å². The first-order valence-corrected chi connectivity index (χ1v) is 17.4. The van der Waals surface area contributed by atoms with Gasteiger partial charge in [-0.2, -0.15) is 0 Å². The molecule has 238 valence electrons. The summed E-state index contributed by atoms with van der Waals surface area (Å²) >= 11 is 0. The van der Waals surface area contributed by atoms with Crippen molar-refractivity contribution in [1.82, 2.24) is 4.57 Å². The predicted octanol–water partition coefficient (Wildman–Crippen LogP) is 13.3. The lowest BCUT2D eigenvalue weighted by Crippen LogP contribution is -2.10. The summed E-state index contributed by atoms with van der Waals surface area (Å²) in [5.41, 5.74) is 14.3. The number of rotatable bonds is 7. The molecule has 0 fully saturated rings. The van der Waals surface area contributed by atoms with E-state index in [2.05, 4.69) is 204 Å². The minimum Gasteiger partial charge on any atom is -0.310 e. The molecule has 0 saturated heterocycles. The van der Waals surface area contributed by atoms with Gasteiger partial charge in [0.1, 0.15) is 0 Å². The standard InChI is InChI=1S/C48H36N2/c1-4-14-35(15-5-1)36-26-29-43(30-27-36)49(41-19-6-2-7-20-41)44-23-13-18-39(33-44)37-16-12-17-38(32-37)40-28-31-48-46(34-40)45-24-10-11-25-47(45)50(48)42-21-8-3-9-22-42/h2-4,6-34H,1,5H2. The van der Waals surface area contributed by atoms with Crippen molar-refractivity contribution in [2.45, 2.75) is 12.8 Å². The highest BCUT2D eigenvalue weighted by molar-refractivity contribution is 6.10. The van der Waals surface area contributed by atoms with Crippen molar-refractivity contribution in [3.8, 4) is 27.9 Å². The van der Waals surface area contributed by atoms with E-state index >= 15 is 0 Å². The molecule has 9 rings (SSSR count). The molecule has 0 unspecified atom stereocenters. The van der Waals surface area contributed by atoms with E-state index < -0.39 is 0 Å². The minimum atomic E-state index is 1.10. The highest BCUT2D eigenvalue weighted by atomic mass is 15.1. The van der Waals surface area contributed by atoms with Crippen molar-refractivity contribution in [2.24, 2.45) is 0 Å². The number of hydrogen-bond donors (Lipinski definition) is 0. The van der Waals surface area contributed by atoms with Gasteiger partial charge in [0.15, 0.2) is 0 Å². The van der Waals surface area contributed by atoms with Crippen molar-refractivity contribution >= 4 is 44.4 Å². The zero-order valence-corrected chi connectivity index (χ0v) is 27.8. The number of nitrogens with zero attached hydrogens (tertiary/aromatic N) is 2. The van der Waals surface area contributed by atoms with E-state index in [1.165, 1.54) is 60.9 Å². The van der Waals surface area contributed by atoms with Gasteiger partial charge in [0.05, 0.1) is 11.0 Å². The Morgan fingerprint density at radius 3 is 1.76 bits per heavy atom. The molecule has 2 heteroatoms. The molecule has 1 aliphatic rings. The van der Waals surface area contributed by atoms with Crippen LogP contribution in [0.1, 0.15) is 18.4 Å². The maximum atomic E-state index is 2.37. The second kappa shape index (κ2) is 12.9. The van der Waals surface area contributed by atoms with E-state index in [4.69, 9.17) is 0 Å². The van der Waals surface area contributed by atoms with Crippen LogP contribution < -0.4 is 4.90 Å². The Kier molecular flexibility index (Phi) is 7.68. The van der Waals surface area contributed by atoms with Crippen LogP contribution in [-0.2, 0) is 0 Å². The number of aromatic nitrogens is 1. The Balaban J connectivity index is 1.09. The van der Waals surface area contributed by atoms with Gasteiger partial charge in [-0.1, -0.05) is 121 Å². The average Bonchev–Trinajstić information content (AvgIpc) is 3.53. The molecule has 0 atom stereocenters. The number of allylic oxidation sites excluding steroid dienone is 4. The van der Waals surface area contributed by atoms with Crippen LogP contribution in [-0.4, -0.2) is 4.57 Å². The Labute approximate surface area is 293 Å². The molecule has 2 nitrogen and oxygen atoms in total. The molecule has 0 saturated carbocycles. The first-order chi connectivity index (χ1) is 24.8. The zero-order valence-electron chi connectivity index (χ0n) is 27.8. The van der Waals surface area contributed by atoms with Crippen LogP contribution in [0.25, 0.3) is 55.3 Å². The number of fused-ring (bicyclic) bond motifs is 3. The van der Waals surface area contributed by atoms with Crippen LogP contribution in [0.3, 0.4) is 0 Å². The van der Waals surface area contributed by atoms with E-state index in [1.807, 2.05) is 0 Å². The van der Waals surface area contributed by atoms with Gasteiger partial charge < -0.3 is 9.47 Å². The molecule has 0 aliphatic heterocycles. The summed E-state index contributed by atoms with van der Waals surface area (Å²) in [6.45, 7) is 0. The highest BCUT2D eigenvalue weighted by Crippen LogP contribution is 2.39. The number of hydrogen-bond acceptors (Lipinski definition) is 1. The molecule has 1 heterocycles. The summed E-state index contributed by atoms with van der Waals surface area (Å²) < 4.78 is 2.37. The molecule has 50 heavy (non-hydrogen) atoms. The molecule has 1 aromatic heterocycles. The SMILES string of the molecule is C1=CC(c2ccc(N(c3ccccc3)c3cccc(-c4cccc(-c5ccc6c(c5)c5ccccc5n6-c5ccccc5)c4)c3)cc2)=CCC1. The van der Waals surface area contributed by atoms with Crippen LogP contribution in [0.2, 0.25) is 0 Å². The summed E-state index contributed by atoms with van der Waals surface area (Å²) in [7, 11) is 0. The van der Waals surface area contributed by atoms with Crippen LogP contribution >= 0.6 is 0 Å². The smallest absolute Gasteiger partial charge is 0.0541 e. The lowest BCUT2D eigenvalue weighted by molar-refractivity contribution is 1.04. The maximum Gasteiger partial charge on any atom is 0.0541 e. The number of anilines is 3. The zero-order chi connectivity index (χ0) is 33.3. The molecule has 0 N–H and O–H groups in total. The fourth-order valence-electron chi connectivity index (χ4n) is 7.37. The molecular weight excluding hydrogens is 605 g/mol. The summed E-state index contributed by atoms with van der Waals surface area (Å²) in [5.74, 6) is 0. The fourth-order valence-corrected chi connectivity index (χ4v) is 7.37. The minimum absolute atomic E-state index is 1.10. The van der Waals surface area contributed by atoms with E-state index in [9.17, 15) is 0 Å². The first-order valence-electron chi connectivity index (χ1n) is 17.4. The van der Waals surface area contributed by atoms with Gasteiger partial charge >= 0.3 is 0 Å². The summed E-state index contributed by atoms with van der Waals surface area (Å²) in [6, 6.07) is 63.7. The molecule has 8 aromatic rings. The van der Waals surface area contributed by atoms with Gasteiger partial charge in [-0.05, 0) is 119 Å². The second-order valence-electron chi connectivity index (χ2n) is 12.9. The molecule has 0 bridgehead atoms. The van der Waals surface area contributed by atoms with E-state index in [-0.39, 0.29) is 0 Å². The topological polar surface area (TPSA) is 8.17 Å². The van der Waals surface area contributed by atoms with Gasteiger partial charge in [-0.25, -0.2) is 0 Å². The summed E-state index contributed by atoms with van der Waals surface area (Å²) in [4.78, 5) is 2.35. The highest BCUT2D eigenvalue weighted by Gasteiger charge is 2.16. The Morgan fingerprint density at radius 1 is 0.400 bits per heavy atom. The Bertz CT molecular complexity index is 2520. The van der Waals surface area contributed by atoms with E-state index in [0.29, 0.717) is 0 Å². The largest absolute Gasteiger partial charge is 0.310 e. The molecule has 0 amide bonds. The van der Waals surface area contributed by atoms with Gasteiger partial charge in [-0.3, -0.25) is 0 Å². The quantitative estimate of drug-likeness (QED) is 0.168. The summed E-state index contributed by atoms with van der Waals surface area (Å²) in [5, 5.41) is 2.52. The molecule has 0 radical (unpaired) electrons. The van der Waals surface area contributed by atoms with E-state index in [1.54, 1.807) is 0 Å². The lowest BCUT2D eigenvalue weighted by Gasteiger charge is -2.26. The van der Waals surface area contributed by atoms with Crippen molar-refractivity contribution in [3.05, 3.63) is 200 Å².